The fourth-order valence-electron chi connectivity index (χ4n) is 3.01. The van der Waals surface area contributed by atoms with E-state index in [4.69, 9.17) is 23.2 Å². The molecule has 0 atom stereocenters. The molecular weight excluding hydrogens is 362 g/mol. The first-order chi connectivity index (χ1) is 12.0. The number of hydrogen-bond donors (Lipinski definition) is 0. The number of nitrogens with zero attached hydrogens (tertiary/aromatic N) is 2. The van der Waals surface area contributed by atoms with Gasteiger partial charge in [-0.2, -0.15) is 0 Å². The Balaban J connectivity index is 1.62. The zero-order valence-corrected chi connectivity index (χ0v) is 15.2. The molecule has 2 aromatic rings. The van der Waals surface area contributed by atoms with Gasteiger partial charge in [0.25, 0.3) is 5.91 Å². The van der Waals surface area contributed by atoms with Crippen LogP contribution in [0.4, 0.5) is 4.39 Å². The first-order valence-corrected chi connectivity index (χ1v) is 8.99. The maximum absolute atomic E-state index is 13.2. The smallest absolute Gasteiger partial charge is 0.255 e. The number of carbonyl (C=O) groups excluding carboxylic acids is 1. The summed E-state index contributed by atoms with van der Waals surface area (Å²) >= 11 is 11.9. The van der Waals surface area contributed by atoms with Gasteiger partial charge in [0.2, 0.25) is 0 Å². The van der Waals surface area contributed by atoms with E-state index in [9.17, 15) is 9.18 Å². The fourth-order valence-corrected chi connectivity index (χ4v) is 3.39. The van der Waals surface area contributed by atoms with Crippen LogP contribution in [0.15, 0.2) is 42.5 Å². The predicted octanol–water partition coefficient (Wildman–Crippen LogP) is 4.48. The van der Waals surface area contributed by atoms with Crippen LogP contribution >= 0.6 is 23.2 Å². The van der Waals surface area contributed by atoms with E-state index in [0.29, 0.717) is 18.7 Å². The van der Waals surface area contributed by atoms with Gasteiger partial charge < -0.3 is 4.90 Å². The lowest BCUT2D eigenvalue weighted by Gasteiger charge is -2.22. The minimum absolute atomic E-state index is 0.140. The van der Waals surface area contributed by atoms with Crippen molar-refractivity contribution < 1.29 is 9.18 Å². The fraction of sp³-hybridized carbons (Fsp3) is 0.316. The average Bonchev–Trinajstić information content (AvgIpc) is 2.82. The van der Waals surface area contributed by atoms with Crippen molar-refractivity contribution in [3.8, 4) is 0 Å². The van der Waals surface area contributed by atoms with Gasteiger partial charge in [-0.1, -0.05) is 35.3 Å². The van der Waals surface area contributed by atoms with Gasteiger partial charge in [-0.25, -0.2) is 4.39 Å². The van der Waals surface area contributed by atoms with Gasteiger partial charge in [-0.15, -0.1) is 0 Å². The average molecular weight is 381 g/mol. The summed E-state index contributed by atoms with van der Waals surface area (Å²) in [6, 6.07) is 11.7. The zero-order valence-electron chi connectivity index (χ0n) is 13.7. The van der Waals surface area contributed by atoms with E-state index in [1.165, 1.54) is 23.8 Å². The summed E-state index contributed by atoms with van der Waals surface area (Å²) in [5.41, 5.74) is 1.56. The maximum Gasteiger partial charge on any atom is 0.255 e. The van der Waals surface area contributed by atoms with Crippen LogP contribution < -0.4 is 0 Å². The number of amides is 1. The van der Waals surface area contributed by atoms with Crippen LogP contribution in [0.1, 0.15) is 22.3 Å². The molecule has 1 aliphatic heterocycles. The minimum atomic E-state index is -0.438. The Bertz CT molecular complexity index is 752. The molecule has 0 unspecified atom stereocenters. The minimum Gasteiger partial charge on any atom is -0.337 e. The summed E-state index contributed by atoms with van der Waals surface area (Å²) in [6.45, 7) is 3.83. The lowest BCUT2D eigenvalue weighted by Crippen LogP contribution is -2.35. The molecule has 0 bridgehead atoms. The molecular formula is C19H19Cl2FN2O. The van der Waals surface area contributed by atoms with E-state index < -0.39 is 5.82 Å². The van der Waals surface area contributed by atoms with E-state index in [2.05, 4.69) is 4.90 Å². The van der Waals surface area contributed by atoms with Crippen molar-refractivity contribution in [2.45, 2.75) is 13.0 Å². The van der Waals surface area contributed by atoms with Crippen molar-refractivity contribution in [3.05, 3.63) is 69.5 Å². The number of hydrogen-bond acceptors (Lipinski definition) is 2. The van der Waals surface area contributed by atoms with Crippen LogP contribution in [0.25, 0.3) is 0 Å². The molecule has 0 spiro atoms. The quantitative estimate of drug-likeness (QED) is 0.783. The highest BCUT2D eigenvalue weighted by atomic mass is 35.5. The Morgan fingerprint density at radius 3 is 2.48 bits per heavy atom. The molecule has 1 saturated heterocycles. The molecule has 0 radical (unpaired) electrons. The Kier molecular flexibility index (Phi) is 5.94. The van der Waals surface area contributed by atoms with Crippen LogP contribution in [-0.4, -0.2) is 41.9 Å². The molecule has 1 fully saturated rings. The molecule has 6 heteroatoms. The topological polar surface area (TPSA) is 23.6 Å². The van der Waals surface area contributed by atoms with Crippen LogP contribution in [-0.2, 0) is 6.54 Å². The van der Waals surface area contributed by atoms with Crippen LogP contribution in [0.3, 0.4) is 0 Å². The van der Waals surface area contributed by atoms with Gasteiger partial charge in [-0.05, 0) is 42.3 Å². The Morgan fingerprint density at radius 2 is 1.76 bits per heavy atom. The van der Waals surface area contributed by atoms with Gasteiger partial charge in [0.1, 0.15) is 5.82 Å². The number of carbonyl (C=O) groups is 1. The molecule has 25 heavy (non-hydrogen) atoms. The molecule has 2 aromatic carbocycles. The third-order valence-electron chi connectivity index (χ3n) is 4.36. The van der Waals surface area contributed by atoms with E-state index in [1.54, 1.807) is 4.90 Å². The van der Waals surface area contributed by atoms with Crippen LogP contribution in [0.5, 0.6) is 0 Å². The van der Waals surface area contributed by atoms with Gasteiger partial charge >= 0.3 is 0 Å². The Labute approximate surface area is 156 Å². The summed E-state index contributed by atoms with van der Waals surface area (Å²) in [5, 5.41) is 0.889. The van der Waals surface area contributed by atoms with Gasteiger partial charge in [0.15, 0.2) is 0 Å². The van der Waals surface area contributed by atoms with Crippen molar-refractivity contribution >= 4 is 29.1 Å². The summed E-state index contributed by atoms with van der Waals surface area (Å²) in [5.74, 6) is -0.579. The molecule has 1 amide bonds. The van der Waals surface area contributed by atoms with E-state index >= 15 is 0 Å². The number of halogens is 3. The first kappa shape index (κ1) is 18.2. The van der Waals surface area contributed by atoms with Crippen molar-refractivity contribution in [2.24, 2.45) is 0 Å². The van der Waals surface area contributed by atoms with E-state index in [1.807, 2.05) is 24.3 Å². The van der Waals surface area contributed by atoms with Gasteiger partial charge in [0, 0.05) is 37.7 Å². The van der Waals surface area contributed by atoms with E-state index in [0.717, 1.165) is 31.1 Å². The monoisotopic (exact) mass is 380 g/mol. The Morgan fingerprint density at radius 1 is 1.00 bits per heavy atom. The molecule has 1 aliphatic rings. The molecule has 0 saturated carbocycles. The van der Waals surface area contributed by atoms with Gasteiger partial charge in [0.05, 0.1) is 10.6 Å². The van der Waals surface area contributed by atoms with Crippen molar-refractivity contribution in [2.75, 3.05) is 26.2 Å². The summed E-state index contributed by atoms with van der Waals surface area (Å²) in [7, 11) is 0. The Hall–Kier alpha value is -1.62. The van der Waals surface area contributed by atoms with Gasteiger partial charge in [-0.3, -0.25) is 9.69 Å². The molecule has 0 aromatic heterocycles. The normalized spacial score (nSPS) is 15.9. The van der Waals surface area contributed by atoms with Crippen molar-refractivity contribution in [1.29, 1.82) is 0 Å². The molecule has 132 valence electrons. The summed E-state index contributed by atoms with van der Waals surface area (Å²) in [6.07, 6.45) is 0.887. The summed E-state index contributed by atoms with van der Waals surface area (Å²) < 4.78 is 13.2. The molecule has 1 heterocycles. The SMILES string of the molecule is O=C(c1ccc(F)cc1Cl)N1CCCN(Cc2ccc(Cl)cc2)CC1. The molecule has 0 N–H and O–H groups in total. The predicted molar refractivity (Wildman–Crippen MR) is 98.7 cm³/mol. The highest BCUT2D eigenvalue weighted by Crippen LogP contribution is 2.20. The molecule has 3 nitrogen and oxygen atoms in total. The molecule has 3 rings (SSSR count). The van der Waals surface area contributed by atoms with Crippen molar-refractivity contribution in [1.82, 2.24) is 9.80 Å². The van der Waals surface area contributed by atoms with E-state index in [-0.39, 0.29) is 10.9 Å². The highest BCUT2D eigenvalue weighted by molar-refractivity contribution is 6.33. The third-order valence-corrected chi connectivity index (χ3v) is 4.92. The molecule has 0 aliphatic carbocycles. The van der Waals surface area contributed by atoms with Crippen LogP contribution in [0, 0.1) is 5.82 Å². The maximum atomic E-state index is 13.2. The first-order valence-electron chi connectivity index (χ1n) is 8.24. The number of rotatable bonds is 3. The number of benzene rings is 2. The summed E-state index contributed by atoms with van der Waals surface area (Å²) in [4.78, 5) is 16.8. The lowest BCUT2D eigenvalue weighted by atomic mass is 10.2. The zero-order chi connectivity index (χ0) is 17.8. The standard InChI is InChI=1S/C19H19Cl2FN2O/c20-15-4-2-14(3-5-15)13-23-8-1-9-24(11-10-23)19(25)17-7-6-16(22)12-18(17)21/h2-7,12H,1,8-11,13H2. The second-order valence-electron chi connectivity index (χ2n) is 6.17. The second kappa shape index (κ2) is 8.17. The highest BCUT2D eigenvalue weighted by Gasteiger charge is 2.22. The van der Waals surface area contributed by atoms with Crippen molar-refractivity contribution in [3.63, 3.8) is 0 Å². The van der Waals surface area contributed by atoms with Crippen LogP contribution in [0.2, 0.25) is 10.0 Å². The lowest BCUT2D eigenvalue weighted by molar-refractivity contribution is 0.0761. The largest absolute Gasteiger partial charge is 0.337 e. The second-order valence-corrected chi connectivity index (χ2v) is 7.02. The third kappa shape index (κ3) is 4.72.